The van der Waals surface area contributed by atoms with E-state index in [9.17, 15) is 24.0 Å². The third-order valence-electron chi connectivity index (χ3n) is 14.0. The van der Waals surface area contributed by atoms with Crippen molar-refractivity contribution in [1.82, 2.24) is 0 Å². The molecule has 0 aliphatic heterocycles. The van der Waals surface area contributed by atoms with Gasteiger partial charge < -0.3 is 4.74 Å². The summed E-state index contributed by atoms with van der Waals surface area (Å²) in [5.41, 5.74) is 1.14. The van der Waals surface area contributed by atoms with Crippen LogP contribution in [0.5, 0.6) is 0 Å². The van der Waals surface area contributed by atoms with E-state index in [4.69, 9.17) is 4.74 Å². The summed E-state index contributed by atoms with van der Waals surface area (Å²) in [6.07, 6.45) is 15.0. The number of carbonyl (C=O) groups is 5. The summed E-state index contributed by atoms with van der Waals surface area (Å²) in [6.45, 7) is 3.63. The lowest BCUT2D eigenvalue weighted by Gasteiger charge is -2.39. The molecular formula is C47H62O6. The third kappa shape index (κ3) is 9.46. The lowest BCUT2D eigenvalue weighted by Crippen LogP contribution is -2.42. The Morgan fingerprint density at radius 2 is 1.21 bits per heavy atom. The van der Waals surface area contributed by atoms with E-state index in [1.54, 1.807) is 6.92 Å². The van der Waals surface area contributed by atoms with Crippen LogP contribution in [0.15, 0.2) is 54.6 Å². The van der Waals surface area contributed by atoms with E-state index in [-0.39, 0.29) is 60.3 Å². The number of carbonyl (C=O) groups excluding carboxylic acids is 5. The molecule has 2 aromatic carbocycles. The van der Waals surface area contributed by atoms with Gasteiger partial charge in [0.15, 0.2) is 0 Å². The van der Waals surface area contributed by atoms with Crippen LogP contribution in [0.1, 0.15) is 133 Å². The molecule has 4 aliphatic rings. The fourth-order valence-electron chi connectivity index (χ4n) is 11.0. The van der Waals surface area contributed by atoms with Crippen LogP contribution in [0, 0.1) is 46.3 Å². The van der Waals surface area contributed by atoms with E-state index < -0.39 is 16.8 Å². The van der Waals surface area contributed by atoms with E-state index in [1.165, 1.54) is 44.8 Å². The molecule has 0 N–H and O–H groups in total. The summed E-state index contributed by atoms with van der Waals surface area (Å²) in [5.74, 6) is 1.24. The van der Waals surface area contributed by atoms with Crippen molar-refractivity contribution in [3.8, 4) is 0 Å². The molecule has 3 saturated carbocycles. The summed E-state index contributed by atoms with van der Waals surface area (Å²) in [7, 11) is 1.35. The number of ether oxygens (including phenoxy) is 1. The maximum atomic E-state index is 14.7. The molecule has 2 aromatic rings. The summed E-state index contributed by atoms with van der Waals surface area (Å²) < 4.78 is 5.21. The molecule has 6 nitrogen and oxygen atoms in total. The summed E-state index contributed by atoms with van der Waals surface area (Å²) in [4.78, 5) is 69.4. The standard InChI is InChI=1S/C47H62O6/c1-46(44(51)37-24-18-34(19-25-37)33-14-8-5-9-15-33,29-40(48)30-47(2,45(52)53-3)28-32-12-6-4-7-13-32)31-43(50)36-22-20-35(21-23-36)41-26-38-16-10-11-17-39(38)27-42(41)49/h4,6-7,10-13,16-17,33-37,41H,5,8-9,14-15,18-31H2,1-3H3. The van der Waals surface area contributed by atoms with Crippen LogP contribution in [-0.2, 0) is 48.0 Å². The second-order valence-electron chi connectivity index (χ2n) is 18.0. The van der Waals surface area contributed by atoms with Crippen LogP contribution >= 0.6 is 0 Å². The average Bonchev–Trinajstić information content (AvgIpc) is 3.17. The van der Waals surface area contributed by atoms with Crippen LogP contribution < -0.4 is 0 Å². The Morgan fingerprint density at radius 1 is 0.642 bits per heavy atom. The molecule has 6 heteroatoms. The molecule has 286 valence electrons. The fraction of sp³-hybridized carbons (Fsp3) is 0.638. The molecule has 4 aliphatic carbocycles. The van der Waals surface area contributed by atoms with Crippen LogP contribution in [-0.4, -0.2) is 36.2 Å². The van der Waals surface area contributed by atoms with Gasteiger partial charge in [-0.1, -0.05) is 93.6 Å². The zero-order chi connectivity index (χ0) is 37.6. The van der Waals surface area contributed by atoms with E-state index in [0.29, 0.717) is 24.5 Å². The molecule has 53 heavy (non-hydrogen) atoms. The van der Waals surface area contributed by atoms with Gasteiger partial charge in [0, 0.05) is 48.9 Å². The summed E-state index contributed by atoms with van der Waals surface area (Å²) in [6, 6.07) is 17.9. The van der Waals surface area contributed by atoms with E-state index in [0.717, 1.165) is 74.8 Å². The van der Waals surface area contributed by atoms with Crippen molar-refractivity contribution >= 4 is 29.1 Å². The molecule has 0 bridgehead atoms. The Kier molecular flexibility index (Phi) is 12.9. The number of Topliss-reactive ketones (excluding diaryl/α,β-unsaturated/α-hetero) is 4. The Hall–Kier alpha value is -3.41. The molecule has 3 unspecified atom stereocenters. The molecule has 6 rings (SSSR count). The summed E-state index contributed by atoms with van der Waals surface area (Å²) >= 11 is 0. The van der Waals surface area contributed by atoms with Gasteiger partial charge in [0.2, 0.25) is 0 Å². The van der Waals surface area contributed by atoms with Crippen molar-refractivity contribution in [2.45, 2.75) is 136 Å². The molecular weight excluding hydrogens is 661 g/mol. The molecule has 3 atom stereocenters. The minimum absolute atomic E-state index is 0.00848. The monoisotopic (exact) mass is 722 g/mol. The van der Waals surface area contributed by atoms with Crippen molar-refractivity contribution < 1.29 is 28.7 Å². The number of fused-ring (bicyclic) bond motifs is 1. The molecule has 0 amide bonds. The second-order valence-corrected chi connectivity index (χ2v) is 18.0. The van der Waals surface area contributed by atoms with Crippen LogP contribution in [0.4, 0.5) is 0 Å². The molecule has 3 fully saturated rings. The number of methoxy groups -OCH3 is 1. The number of rotatable bonds is 14. The minimum Gasteiger partial charge on any atom is -0.469 e. The van der Waals surface area contributed by atoms with Crippen LogP contribution in [0.25, 0.3) is 0 Å². The lowest BCUT2D eigenvalue weighted by atomic mass is 9.63. The van der Waals surface area contributed by atoms with Crippen molar-refractivity contribution in [2.75, 3.05) is 7.11 Å². The average molecular weight is 723 g/mol. The highest BCUT2D eigenvalue weighted by Crippen LogP contribution is 2.45. The zero-order valence-electron chi connectivity index (χ0n) is 32.5. The van der Waals surface area contributed by atoms with Gasteiger partial charge in [0.05, 0.1) is 12.5 Å². The molecule has 0 radical (unpaired) electrons. The highest BCUT2D eigenvalue weighted by molar-refractivity contribution is 5.97. The van der Waals surface area contributed by atoms with Crippen LogP contribution in [0.2, 0.25) is 0 Å². The van der Waals surface area contributed by atoms with Gasteiger partial charge in [-0.05, 0) is 106 Å². The largest absolute Gasteiger partial charge is 0.469 e. The Morgan fingerprint density at radius 3 is 1.87 bits per heavy atom. The fourth-order valence-corrected chi connectivity index (χ4v) is 11.0. The van der Waals surface area contributed by atoms with Gasteiger partial charge in [-0.15, -0.1) is 0 Å². The number of hydrogen-bond acceptors (Lipinski definition) is 6. The molecule has 0 heterocycles. The highest BCUT2D eigenvalue weighted by Gasteiger charge is 2.46. The van der Waals surface area contributed by atoms with Gasteiger partial charge in [-0.2, -0.15) is 0 Å². The predicted molar refractivity (Wildman–Crippen MR) is 207 cm³/mol. The van der Waals surface area contributed by atoms with Gasteiger partial charge in [0.1, 0.15) is 23.1 Å². The van der Waals surface area contributed by atoms with E-state index in [1.807, 2.05) is 49.4 Å². The normalized spacial score (nSPS) is 27.5. The van der Waals surface area contributed by atoms with E-state index >= 15 is 0 Å². The van der Waals surface area contributed by atoms with Crippen LogP contribution in [0.3, 0.4) is 0 Å². The van der Waals surface area contributed by atoms with Crippen molar-refractivity contribution in [2.24, 2.45) is 46.3 Å². The lowest BCUT2D eigenvalue weighted by molar-refractivity contribution is -0.154. The predicted octanol–water partition coefficient (Wildman–Crippen LogP) is 9.47. The molecule has 0 spiro atoms. The Bertz CT molecular complexity index is 1610. The van der Waals surface area contributed by atoms with Gasteiger partial charge in [-0.25, -0.2) is 0 Å². The highest BCUT2D eigenvalue weighted by atomic mass is 16.5. The number of hydrogen-bond donors (Lipinski definition) is 0. The minimum atomic E-state index is -1.12. The van der Waals surface area contributed by atoms with Crippen molar-refractivity contribution in [1.29, 1.82) is 0 Å². The topological polar surface area (TPSA) is 94.6 Å². The number of benzene rings is 2. The van der Waals surface area contributed by atoms with Crippen molar-refractivity contribution in [3.63, 3.8) is 0 Å². The zero-order valence-corrected chi connectivity index (χ0v) is 32.5. The first-order valence-electron chi connectivity index (χ1n) is 20.8. The van der Waals surface area contributed by atoms with Gasteiger partial charge in [-0.3, -0.25) is 24.0 Å². The SMILES string of the molecule is COC(=O)C(C)(CC(=O)CC(C)(CC(=O)C1CCC(C2Cc3ccccc3CC2=O)CC1)C(=O)C1CCC(C2CCCCC2)CC1)Cc1ccccc1. The molecule has 0 aromatic heterocycles. The smallest absolute Gasteiger partial charge is 0.312 e. The van der Waals surface area contributed by atoms with E-state index in [2.05, 4.69) is 12.1 Å². The number of ketones is 4. The Balaban J connectivity index is 1.14. The van der Waals surface area contributed by atoms with Gasteiger partial charge >= 0.3 is 5.97 Å². The first kappa shape index (κ1) is 39.3. The summed E-state index contributed by atoms with van der Waals surface area (Å²) in [5, 5.41) is 0. The van der Waals surface area contributed by atoms with Crippen molar-refractivity contribution in [3.05, 3.63) is 71.3 Å². The quantitative estimate of drug-likeness (QED) is 0.180. The Labute approximate surface area is 317 Å². The van der Waals surface area contributed by atoms with Gasteiger partial charge in [0.25, 0.3) is 0 Å². The molecule has 0 saturated heterocycles. The first-order chi connectivity index (χ1) is 25.5. The maximum Gasteiger partial charge on any atom is 0.312 e. The first-order valence-corrected chi connectivity index (χ1v) is 20.8. The second kappa shape index (κ2) is 17.4. The third-order valence-corrected chi connectivity index (χ3v) is 14.0. The maximum absolute atomic E-state index is 14.7. The number of esters is 1.